The van der Waals surface area contributed by atoms with E-state index >= 15 is 0 Å². The molecule has 2 rings (SSSR count). The molecule has 0 spiro atoms. The average molecular weight is 419 g/mol. The maximum Gasteiger partial charge on any atom is 0.321 e. The lowest BCUT2D eigenvalue weighted by molar-refractivity contribution is 0.245. The molecule has 5 heteroatoms. The highest BCUT2D eigenvalue weighted by Crippen LogP contribution is 2.31. The Morgan fingerprint density at radius 3 is 2.46 bits per heavy atom. The monoisotopic (exact) mass is 418 g/mol. The summed E-state index contributed by atoms with van der Waals surface area (Å²) in [5.74, 6) is 0.825. The average Bonchev–Trinajstić information content (AvgIpc) is 2.61. The van der Waals surface area contributed by atoms with Crippen LogP contribution in [0.4, 0.5) is 10.5 Å². The Morgan fingerprint density at radius 2 is 1.85 bits per heavy atom. The van der Waals surface area contributed by atoms with E-state index in [0.29, 0.717) is 13.2 Å². The summed E-state index contributed by atoms with van der Waals surface area (Å²) in [5.41, 5.74) is 2.23. The molecule has 0 aromatic heterocycles. The smallest absolute Gasteiger partial charge is 0.321 e. The van der Waals surface area contributed by atoms with E-state index in [1.54, 1.807) is 11.9 Å². The molecule has 0 saturated heterocycles. The molecule has 0 atom stereocenters. The highest BCUT2D eigenvalue weighted by Gasteiger charge is 2.15. The van der Waals surface area contributed by atoms with Gasteiger partial charge in [0.1, 0.15) is 5.75 Å². The van der Waals surface area contributed by atoms with Gasteiger partial charge in [-0.1, -0.05) is 45.0 Å². The van der Waals surface area contributed by atoms with E-state index in [9.17, 15) is 4.79 Å². The van der Waals surface area contributed by atoms with Crippen LogP contribution in [0.3, 0.4) is 0 Å². The van der Waals surface area contributed by atoms with Crippen LogP contribution in [0.5, 0.6) is 5.75 Å². The molecule has 0 bridgehead atoms. The molecule has 1 N–H and O–H groups in total. The summed E-state index contributed by atoms with van der Waals surface area (Å²) < 4.78 is 6.78. The van der Waals surface area contributed by atoms with Crippen molar-refractivity contribution < 1.29 is 9.53 Å². The summed E-state index contributed by atoms with van der Waals surface area (Å²) in [6.07, 6.45) is 0.738. The standard InChI is InChI=1S/C21H27BrN2O2/c1-21(2,3)16-11-12-19(18(22)15-16)26-14-8-13-23-20(25)24(4)17-9-6-5-7-10-17/h5-7,9-12,15H,8,13-14H2,1-4H3,(H,23,25). The van der Waals surface area contributed by atoms with E-state index in [0.717, 1.165) is 22.3 Å². The van der Waals surface area contributed by atoms with Gasteiger partial charge in [0, 0.05) is 19.3 Å². The maximum atomic E-state index is 12.1. The van der Waals surface area contributed by atoms with Gasteiger partial charge in [-0.3, -0.25) is 4.90 Å². The Labute approximate surface area is 164 Å². The lowest BCUT2D eigenvalue weighted by Gasteiger charge is -2.20. The van der Waals surface area contributed by atoms with Crippen molar-refractivity contribution in [2.75, 3.05) is 25.1 Å². The highest BCUT2D eigenvalue weighted by atomic mass is 79.9. The van der Waals surface area contributed by atoms with Crippen molar-refractivity contribution in [3.63, 3.8) is 0 Å². The number of halogens is 1. The first-order valence-electron chi connectivity index (χ1n) is 8.78. The molecule has 0 aliphatic rings. The molecule has 0 aliphatic carbocycles. The molecule has 0 heterocycles. The SMILES string of the molecule is CN(C(=O)NCCCOc1ccc(C(C)(C)C)cc1Br)c1ccccc1. The van der Waals surface area contributed by atoms with E-state index in [-0.39, 0.29) is 11.4 Å². The summed E-state index contributed by atoms with van der Waals surface area (Å²) in [6, 6.07) is 15.6. The van der Waals surface area contributed by atoms with Gasteiger partial charge in [0.25, 0.3) is 0 Å². The predicted molar refractivity (Wildman–Crippen MR) is 111 cm³/mol. The third-order valence-corrected chi connectivity index (χ3v) is 4.72. The van der Waals surface area contributed by atoms with Gasteiger partial charge in [-0.2, -0.15) is 0 Å². The molecule has 0 aliphatic heterocycles. The Hall–Kier alpha value is -2.01. The number of benzene rings is 2. The third kappa shape index (κ3) is 5.77. The van der Waals surface area contributed by atoms with Crippen LogP contribution in [0.2, 0.25) is 0 Å². The van der Waals surface area contributed by atoms with Gasteiger partial charge in [0.15, 0.2) is 0 Å². The van der Waals surface area contributed by atoms with Crippen molar-refractivity contribution in [2.45, 2.75) is 32.6 Å². The van der Waals surface area contributed by atoms with Crippen LogP contribution in [0.1, 0.15) is 32.8 Å². The first-order valence-corrected chi connectivity index (χ1v) is 9.58. The van der Waals surface area contributed by atoms with Gasteiger partial charge in [0.05, 0.1) is 11.1 Å². The zero-order valence-corrected chi connectivity index (χ0v) is 17.5. The molecule has 4 nitrogen and oxygen atoms in total. The Balaban J connectivity index is 1.75. The van der Waals surface area contributed by atoms with Crippen molar-refractivity contribution >= 4 is 27.6 Å². The molecule has 2 aromatic carbocycles. The van der Waals surface area contributed by atoms with E-state index < -0.39 is 0 Å². The molecule has 0 unspecified atom stereocenters. The van der Waals surface area contributed by atoms with E-state index in [4.69, 9.17) is 4.74 Å². The van der Waals surface area contributed by atoms with Crippen LogP contribution < -0.4 is 15.0 Å². The maximum absolute atomic E-state index is 12.1. The fraction of sp³-hybridized carbons (Fsp3) is 0.381. The molecule has 2 aromatic rings. The van der Waals surface area contributed by atoms with E-state index in [1.807, 2.05) is 36.4 Å². The number of amides is 2. The number of carbonyl (C=O) groups is 1. The minimum Gasteiger partial charge on any atom is -0.492 e. The van der Waals surface area contributed by atoms with Crippen LogP contribution in [0.25, 0.3) is 0 Å². The number of anilines is 1. The quantitative estimate of drug-likeness (QED) is 0.641. The first kappa shape index (κ1) is 20.3. The van der Waals surface area contributed by atoms with Gasteiger partial charge < -0.3 is 10.1 Å². The first-order chi connectivity index (χ1) is 12.3. The summed E-state index contributed by atoms with van der Waals surface area (Å²) in [7, 11) is 1.76. The minimum atomic E-state index is -0.119. The topological polar surface area (TPSA) is 41.6 Å². The van der Waals surface area contributed by atoms with Crippen LogP contribution in [-0.4, -0.2) is 26.2 Å². The van der Waals surface area contributed by atoms with Gasteiger partial charge in [-0.15, -0.1) is 0 Å². The number of carbonyl (C=O) groups excluding carboxylic acids is 1. The van der Waals surface area contributed by atoms with Crippen LogP contribution in [0.15, 0.2) is 53.0 Å². The number of para-hydroxylation sites is 1. The fourth-order valence-corrected chi connectivity index (χ4v) is 2.91. The molecule has 0 fully saturated rings. The molecule has 0 saturated carbocycles. The number of hydrogen-bond acceptors (Lipinski definition) is 2. The Morgan fingerprint density at radius 1 is 1.15 bits per heavy atom. The second kappa shape index (κ2) is 9.08. The number of nitrogens with one attached hydrogen (secondary N) is 1. The van der Waals surface area contributed by atoms with Crippen molar-refractivity contribution in [1.82, 2.24) is 5.32 Å². The van der Waals surface area contributed by atoms with Gasteiger partial charge in [-0.05, 0) is 57.6 Å². The number of nitrogens with zero attached hydrogens (tertiary/aromatic N) is 1. The highest BCUT2D eigenvalue weighted by molar-refractivity contribution is 9.10. The molecule has 2 amide bonds. The number of urea groups is 1. The molecular formula is C21H27BrN2O2. The molecule has 140 valence electrons. The van der Waals surface area contributed by atoms with Crippen LogP contribution in [-0.2, 0) is 5.41 Å². The van der Waals surface area contributed by atoms with Crippen molar-refractivity contribution in [3.8, 4) is 5.75 Å². The summed E-state index contributed by atoms with van der Waals surface area (Å²) in [6.45, 7) is 7.66. The lowest BCUT2D eigenvalue weighted by Crippen LogP contribution is -2.38. The van der Waals surface area contributed by atoms with Gasteiger partial charge in [-0.25, -0.2) is 4.79 Å². The Kier molecular flexibility index (Phi) is 7.09. The largest absolute Gasteiger partial charge is 0.492 e. The lowest BCUT2D eigenvalue weighted by atomic mass is 9.87. The van der Waals surface area contributed by atoms with Crippen molar-refractivity contribution in [2.24, 2.45) is 0 Å². The van der Waals surface area contributed by atoms with E-state index in [1.165, 1.54) is 5.56 Å². The third-order valence-electron chi connectivity index (χ3n) is 4.10. The minimum absolute atomic E-state index is 0.107. The van der Waals surface area contributed by atoms with E-state index in [2.05, 4.69) is 54.2 Å². The summed E-state index contributed by atoms with van der Waals surface area (Å²) in [4.78, 5) is 13.7. The van der Waals surface area contributed by atoms with Gasteiger partial charge >= 0.3 is 6.03 Å². The molecule has 26 heavy (non-hydrogen) atoms. The zero-order chi connectivity index (χ0) is 19.2. The van der Waals surface area contributed by atoms with Crippen molar-refractivity contribution in [1.29, 1.82) is 0 Å². The van der Waals surface area contributed by atoms with Gasteiger partial charge in [0.2, 0.25) is 0 Å². The summed E-state index contributed by atoms with van der Waals surface area (Å²) >= 11 is 3.58. The second-order valence-electron chi connectivity index (χ2n) is 7.22. The fourth-order valence-electron chi connectivity index (χ4n) is 2.42. The predicted octanol–water partition coefficient (Wildman–Crippen LogP) is 5.36. The summed E-state index contributed by atoms with van der Waals surface area (Å²) in [5, 5.41) is 2.91. The number of rotatable bonds is 6. The molecular weight excluding hydrogens is 392 g/mol. The van der Waals surface area contributed by atoms with Crippen molar-refractivity contribution in [3.05, 3.63) is 58.6 Å². The number of ether oxygens (including phenoxy) is 1. The zero-order valence-electron chi connectivity index (χ0n) is 15.9. The molecule has 0 radical (unpaired) electrons. The second-order valence-corrected chi connectivity index (χ2v) is 8.08. The van der Waals surface area contributed by atoms with Crippen LogP contribution >= 0.6 is 15.9 Å². The number of hydrogen-bond donors (Lipinski definition) is 1. The Bertz CT molecular complexity index is 727. The normalized spacial score (nSPS) is 11.1. The van der Waals surface area contributed by atoms with Crippen LogP contribution in [0, 0.1) is 0 Å².